The quantitative estimate of drug-likeness (QED) is 0.704. The zero-order valence-electron chi connectivity index (χ0n) is 11.3. The van der Waals surface area contributed by atoms with Crippen molar-refractivity contribution in [2.45, 2.75) is 39.3 Å². The molecule has 2 N–H and O–H groups in total. The van der Waals surface area contributed by atoms with Crippen LogP contribution in [0, 0.1) is 0 Å². The molecule has 0 aliphatic rings. The SMILES string of the molecule is COC(=O)[C@H](C)NC(=O)CNC(=O)OC(C)(C)C. The fourth-order valence-corrected chi connectivity index (χ4v) is 0.995. The van der Waals surface area contributed by atoms with E-state index in [1.165, 1.54) is 14.0 Å². The first-order chi connectivity index (χ1) is 8.15. The molecule has 7 nitrogen and oxygen atoms in total. The number of alkyl carbamates (subject to hydrolysis) is 1. The van der Waals surface area contributed by atoms with Crippen molar-refractivity contribution in [3.8, 4) is 0 Å². The lowest BCUT2D eigenvalue weighted by Crippen LogP contribution is -2.45. The fraction of sp³-hybridized carbons (Fsp3) is 0.727. The van der Waals surface area contributed by atoms with Crippen LogP contribution in [0.4, 0.5) is 4.79 Å². The summed E-state index contributed by atoms with van der Waals surface area (Å²) in [5, 5.41) is 4.64. The van der Waals surface area contributed by atoms with Gasteiger partial charge < -0.3 is 20.1 Å². The minimum Gasteiger partial charge on any atom is -0.467 e. The predicted molar refractivity (Wildman–Crippen MR) is 63.9 cm³/mol. The molecule has 0 saturated heterocycles. The average Bonchev–Trinajstić information content (AvgIpc) is 2.22. The van der Waals surface area contributed by atoms with E-state index in [2.05, 4.69) is 15.4 Å². The van der Waals surface area contributed by atoms with E-state index < -0.39 is 29.6 Å². The van der Waals surface area contributed by atoms with Crippen LogP contribution < -0.4 is 10.6 Å². The number of amides is 2. The van der Waals surface area contributed by atoms with Gasteiger partial charge in [-0.25, -0.2) is 9.59 Å². The van der Waals surface area contributed by atoms with Crippen molar-refractivity contribution in [3.05, 3.63) is 0 Å². The third-order valence-electron chi connectivity index (χ3n) is 1.72. The average molecular weight is 260 g/mol. The summed E-state index contributed by atoms with van der Waals surface area (Å²) in [5.41, 5.74) is -0.625. The van der Waals surface area contributed by atoms with E-state index in [1.54, 1.807) is 20.8 Å². The van der Waals surface area contributed by atoms with Gasteiger partial charge in [0, 0.05) is 0 Å². The Bertz CT molecular complexity index is 322. The first kappa shape index (κ1) is 16.2. The van der Waals surface area contributed by atoms with Crippen LogP contribution in [0.1, 0.15) is 27.7 Å². The molecule has 7 heteroatoms. The Morgan fingerprint density at radius 2 is 1.78 bits per heavy atom. The standard InChI is InChI=1S/C11H20N2O5/c1-7(9(15)17-5)13-8(14)6-12-10(16)18-11(2,3)4/h7H,6H2,1-5H3,(H,12,16)(H,13,14)/t7-/m0/s1. The van der Waals surface area contributed by atoms with E-state index in [1.807, 2.05) is 0 Å². The summed E-state index contributed by atoms with van der Waals surface area (Å²) in [6.07, 6.45) is -0.691. The number of esters is 1. The molecule has 0 aliphatic heterocycles. The van der Waals surface area contributed by atoms with Gasteiger partial charge in [0.05, 0.1) is 7.11 Å². The molecule has 0 aromatic heterocycles. The molecule has 0 spiro atoms. The maximum atomic E-state index is 11.4. The normalized spacial score (nSPS) is 12.3. The molecule has 104 valence electrons. The van der Waals surface area contributed by atoms with Crippen molar-refractivity contribution >= 4 is 18.0 Å². The molecule has 0 rings (SSSR count). The summed E-state index contributed by atoms with van der Waals surface area (Å²) in [7, 11) is 1.23. The van der Waals surface area contributed by atoms with Crippen molar-refractivity contribution < 1.29 is 23.9 Å². The molecule has 18 heavy (non-hydrogen) atoms. The molecule has 0 aliphatic carbocycles. The predicted octanol–water partition coefficient (Wildman–Crippen LogP) is 0.189. The topological polar surface area (TPSA) is 93.7 Å². The summed E-state index contributed by atoms with van der Waals surface area (Å²) in [5.74, 6) is -1.06. The van der Waals surface area contributed by atoms with E-state index in [4.69, 9.17) is 4.74 Å². The van der Waals surface area contributed by atoms with Gasteiger partial charge in [-0.3, -0.25) is 4.79 Å². The highest BCUT2D eigenvalue weighted by molar-refractivity contribution is 5.86. The molecule has 0 unspecified atom stereocenters. The van der Waals surface area contributed by atoms with E-state index in [9.17, 15) is 14.4 Å². The Morgan fingerprint density at radius 3 is 2.22 bits per heavy atom. The molecule has 0 bridgehead atoms. The van der Waals surface area contributed by atoms with Gasteiger partial charge in [0.25, 0.3) is 0 Å². The van der Waals surface area contributed by atoms with E-state index in [0.717, 1.165) is 0 Å². The number of hydrogen-bond donors (Lipinski definition) is 2. The second-order valence-electron chi connectivity index (χ2n) is 4.67. The lowest BCUT2D eigenvalue weighted by molar-refractivity contribution is -0.144. The molecular formula is C11H20N2O5. The minimum absolute atomic E-state index is 0.268. The number of carbonyl (C=O) groups is 3. The van der Waals surface area contributed by atoms with Gasteiger partial charge in [0.2, 0.25) is 5.91 Å². The van der Waals surface area contributed by atoms with Crippen LogP contribution in [0.5, 0.6) is 0 Å². The van der Waals surface area contributed by atoms with Crippen molar-refractivity contribution in [2.75, 3.05) is 13.7 Å². The van der Waals surface area contributed by atoms with Crippen LogP contribution in [0.25, 0.3) is 0 Å². The van der Waals surface area contributed by atoms with Crippen LogP contribution in [0.3, 0.4) is 0 Å². The van der Waals surface area contributed by atoms with Crippen LogP contribution in [-0.4, -0.2) is 43.3 Å². The summed E-state index contributed by atoms with van der Waals surface area (Å²) in [6, 6.07) is -0.761. The molecule has 0 aromatic carbocycles. The number of hydrogen-bond acceptors (Lipinski definition) is 5. The number of nitrogens with one attached hydrogen (secondary N) is 2. The van der Waals surface area contributed by atoms with Gasteiger partial charge >= 0.3 is 12.1 Å². The lowest BCUT2D eigenvalue weighted by Gasteiger charge is -2.19. The summed E-state index contributed by atoms with van der Waals surface area (Å²) < 4.78 is 9.38. The maximum absolute atomic E-state index is 11.4. The van der Waals surface area contributed by atoms with Crippen molar-refractivity contribution in [3.63, 3.8) is 0 Å². The molecule has 0 radical (unpaired) electrons. The Kier molecular flexibility index (Phi) is 6.15. The van der Waals surface area contributed by atoms with Crippen LogP contribution in [-0.2, 0) is 19.1 Å². The van der Waals surface area contributed by atoms with Crippen molar-refractivity contribution in [2.24, 2.45) is 0 Å². The van der Waals surface area contributed by atoms with Gasteiger partial charge in [-0.1, -0.05) is 0 Å². The Morgan fingerprint density at radius 1 is 1.22 bits per heavy atom. The maximum Gasteiger partial charge on any atom is 0.408 e. The van der Waals surface area contributed by atoms with Gasteiger partial charge in [-0.15, -0.1) is 0 Å². The molecule has 2 amide bonds. The van der Waals surface area contributed by atoms with Crippen LogP contribution in [0.15, 0.2) is 0 Å². The Hall–Kier alpha value is -1.79. The van der Waals surface area contributed by atoms with Gasteiger partial charge in [0.15, 0.2) is 0 Å². The van der Waals surface area contributed by atoms with Crippen molar-refractivity contribution in [1.82, 2.24) is 10.6 Å². The summed E-state index contributed by atoms with van der Waals surface area (Å²) in [4.78, 5) is 33.6. The van der Waals surface area contributed by atoms with Gasteiger partial charge in [-0.2, -0.15) is 0 Å². The summed E-state index contributed by atoms with van der Waals surface area (Å²) >= 11 is 0. The zero-order valence-corrected chi connectivity index (χ0v) is 11.3. The van der Waals surface area contributed by atoms with Crippen molar-refractivity contribution in [1.29, 1.82) is 0 Å². The van der Waals surface area contributed by atoms with Gasteiger partial charge in [0.1, 0.15) is 18.2 Å². The van der Waals surface area contributed by atoms with E-state index in [0.29, 0.717) is 0 Å². The Balaban J connectivity index is 3.98. The highest BCUT2D eigenvalue weighted by Crippen LogP contribution is 2.05. The number of ether oxygens (including phenoxy) is 2. The van der Waals surface area contributed by atoms with Gasteiger partial charge in [-0.05, 0) is 27.7 Å². The second-order valence-corrected chi connectivity index (χ2v) is 4.67. The van der Waals surface area contributed by atoms with E-state index in [-0.39, 0.29) is 6.54 Å². The smallest absolute Gasteiger partial charge is 0.408 e. The monoisotopic (exact) mass is 260 g/mol. The fourth-order valence-electron chi connectivity index (χ4n) is 0.995. The molecule has 0 aromatic rings. The Labute approximate surface area is 106 Å². The molecular weight excluding hydrogens is 240 g/mol. The molecule has 0 saturated carbocycles. The first-order valence-electron chi connectivity index (χ1n) is 5.49. The van der Waals surface area contributed by atoms with E-state index >= 15 is 0 Å². The number of carbonyl (C=O) groups excluding carboxylic acids is 3. The minimum atomic E-state index is -0.761. The highest BCUT2D eigenvalue weighted by atomic mass is 16.6. The van der Waals surface area contributed by atoms with Crippen LogP contribution >= 0.6 is 0 Å². The van der Waals surface area contributed by atoms with Crippen LogP contribution in [0.2, 0.25) is 0 Å². The highest BCUT2D eigenvalue weighted by Gasteiger charge is 2.18. The molecule has 0 heterocycles. The third kappa shape index (κ3) is 7.48. The largest absolute Gasteiger partial charge is 0.467 e. The third-order valence-corrected chi connectivity index (χ3v) is 1.72. The molecule has 0 fully saturated rings. The first-order valence-corrected chi connectivity index (χ1v) is 5.49. The number of rotatable bonds is 4. The lowest BCUT2D eigenvalue weighted by atomic mass is 10.2. The summed E-state index contributed by atoms with van der Waals surface area (Å²) in [6.45, 7) is 6.36. The second kappa shape index (κ2) is 6.83. The number of methoxy groups -OCH3 is 1. The molecule has 1 atom stereocenters. The zero-order chi connectivity index (χ0) is 14.3.